The summed E-state index contributed by atoms with van der Waals surface area (Å²) in [5, 5.41) is 0. The van der Waals surface area contributed by atoms with Gasteiger partial charge in [0.15, 0.2) is 11.6 Å². The van der Waals surface area contributed by atoms with E-state index in [2.05, 4.69) is 0 Å². The molecule has 2 nitrogen and oxygen atoms in total. The number of hydrogen-bond acceptors (Lipinski definition) is 2. The van der Waals surface area contributed by atoms with Gasteiger partial charge in [-0.1, -0.05) is 6.07 Å². The van der Waals surface area contributed by atoms with E-state index in [9.17, 15) is 8.78 Å². The minimum Gasteiger partial charge on any atom is -0.381 e. The lowest BCUT2D eigenvalue weighted by Gasteiger charge is -2.24. The number of hydrogen-bond donors (Lipinski definition) is 1. The second-order valence-electron chi connectivity index (χ2n) is 5.00. The first-order valence-electron chi connectivity index (χ1n) is 6.42. The minimum absolute atomic E-state index is 0.00189. The Bertz CT molecular complexity index is 391. The van der Waals surface area contributed by atoms with Gasteiger partial charge in [-0.15, -0.1) is 0 Å². The van der Waals surface area contributed by atoms with Gasteiger partial charge in [0.1, 0.15) is 0 Å². The maximum absolute atomic E-state index is 13.1. The summed E-state index contributed by atoms with van der Waals surface area (Å²) in [5.41, 5.74) is 6.83. The quantitative estimate of drug-likeness (QED) is 0.897. The van der Waals surface area contributed by atoms with Crippen LogP contribution in [0.3, 0.4) is 0 Å². The summed E-state index contributed by atoms with van der Waals surface area (Å²) in [4.78, 5) is 0. The Balaban J connectivity index is 1.85. The van der Waals surface area contributed by atoms with Crippen LogP contribution in [0.4, 0.5) is 8.78 Å². The summed E-state index contributed by atoms with van der Waals surface area (Å²) in [7, 11) is 0. The molecule has 0 aromatic heterocycles. The van der Waals surface area contributed by atoms with E-state index in [0.29, 0.717) is 12.3 Å². The third kappa shape index (κ3) is 3.75. The number of ether oxygens (including phenoxy) is 1. The van der Waals surface area contributed by atoms with E-state index in [1.54, 1.807) is 6.07 Å². The predicted octanol–water partition coefficient (Wildman–Crippen LogP) is 2.65. The molecule has 1 saturated heterocycles. The largest absolute Gasteiger partial charge is 0.381 e. The van der Waals surface area contributed by atoms with Crippen molar-refractivity contribution in [2.75, 3.05) is 13.2 Å². The van der Waals surface area contributed by atoms with E-state index in [0.717, 1.165) is 44.1 Å². The highest BCUT2D eigenvalue weighted by molar-refractivity contribution is 5.18. The molecule has 1 fully saturated rings. The Morgan fingerprint density at radius 2 is 1.94 bits per heavy atom. The van der Waals surface area contributed by atoms with Crippen molar-refractivity contribution in [3.63, 3.8) is 0 Å². The molecule has 2 rings (SSSR count). The summed E-state index contributed by atoms with van der Waals surface area (Å²) in [6, 6.07) is 3.99. The fourth-order valence-corrected chi connectivity index (χ4v) is 2.46. The van der Waals surface area contributed by atoms with E-state index in [1.165, 1.54) is 6.07 Å². The van der Waals surface area contributed by atoms with Crippen LogP contribution in [0.15, 0.2) is 18.2 Å². The maximum Gasteiger partial charge on any atom is 0.159 e. The normalized spacial score (nSPS) is 18.8. The van der Waals surface area contributed by atoms with E-state index in [4.69, 9.17) is 10.5 Å². The van der Waals surface area contributed by atoms with Gasteiger partial charge in [-0.3, -0.25) is 0 Å². The van der Waals surface area contributed by atoms with Gasteiger partial charge in [-0.25, -0.2) is 8.78 Å². The summed E-state index contributed by atoms with van der Waals surface area (Å²) in [6.07, 6.45) is 3.61. The summed E-state index contributed by atoms with van der Waals surface area (Å²) in [5.74, 6) is -1.01. The topological polar surface area (TPSA) is 35.2 Å². The van der Waals surface area contributed by atoms with Crippen molar-refractivity contribution in [3.05, 3.63) is 35.4 Å². The molecule has 0 radical (unpaired) electrons. The molecule has 1 aliphatic heterocycles. The van der Waals surface area contributed by atoms with Crippen molar-refractivity contribution >= 4 is 0 Å². The molecule has 0 bridgehead atoms. The molecular formula is C14H19F2NO. The average Bonchev–Trinajstić information content (AvgIpc) is 2.35. The van der Waals surface area contributed by atoms with Crippen molar-refractivity contribution in [3.8, 4) is 0 Å². The van der Waals surface area contributed by atoms with Crippen LogP contribution in [0, 0.1) is 17.6 Å². The SMILES string of the molecule is NC(Cc1ccc(F)c(F)c1)CC1CCOCC1. The number of halogens is 2. The molecule has 1 aliphatic rings. The number of nitrogens with two attached hydrogens (primary N) is 1. The molecule has 1 aromatic carbocycles. The smallest absolute Gasteiger partial charge is 0.159 e. The fourth-order valence-electron chi connectivity index (χ4n) is 2.46. The molecule has 1 heterocycles. The Labute approximate surface area is 106 Å². The lowest BCUT2D eigenvalue weighted by Crippen LogP contribution is -2.28. The van der Waals surface area contributed by atoms with Crippen LogP contribution in [0.25, 0.3) is 0 Å². The van der Waals surface area contributed by atoms with Crippen molar-refractivity contribution < 1.29 is 13.5 Å². The van der Waals surface area contributed by atoms with E-state index >= 15 is 0 Å². The molecule has 18 heavy (non-hydrogen) atoms. The third-order valence-electron chi connectivity index (χ3n) is 3.46. The van der Waals surface area contributed by atoms with Gasteiger partial charge in [0.2, 0.25) is 0 Å². The molecule has 0 aliphatic carbocycles. The Kier molecular flexibility index (Phi) is 4.66. The van der Waals surface area contributed by atoms with Crippen molar-refractivity contribution in [1.82, 2.24) is 0 Å². The average molecular weight is 255 g/mol. The van der Waals surface area contributed by atoms with Crippen molar-refractivity contribution in [2.45, 2.75) is 31.7 Å². The molecule has 0 amide bonds. The first kappa shape index (κ1) is 13.4. The van der Waals surface area contributed by atoms with Crippen LogP contribution in [0.2, 0.25) is 0 Å². The van der Waals surface area contributed by atoms with Gasteiger partial charge in [0.05, 0.1) is 0 Å². The van der Waals surface area contributed by atoms with Gasteiger partial charge >= 0.3 is 0 Å². The second-order valence-corrected chi connectivity index (χ2v) is 5.00. The minimum atomic E-state index is -0.809. The first-order valence-corrected chi connectivity index (χ1v) is 6.42. The van der Waals surface area contributed by atoms with Crippen LogP contribution in [0.1, 0.15) is 24.8 Å². The highest BCUT2D eigenvalue weighted by Crippen LogP contribution is 2.21. The highest BCUT2D eigenvalue weighted by Gasteiger charge is 2.17. The van der Waals surface area contributed by atoms with E-state index in [1.807, 2.05) is 0 Å². The van der Waals surface area contributed by atoms with Crippen LogP contribution < -0.4 is 5.73 Å². The molecule has 1 aromatic rings. The second kappa shape index (κ2) is 6.25. The first-order chi connectivity index (χ1) is 8.65. The third-order valence-corrected chi connectivity index (χ3v) is 3.46. The Morgan fingerprint density at radius 1 is 1.22 bits per heavy atom. The Morgan fingerprint density at radius 3 is 2.61 bits per heavy atom. The summed E-state index contributed by atoms with van der Waals surface area (Å²) < 4.78 is 31.1. The molecule has 0 spiro atoms. The van der Waals surface area contributed by atoms with Crippen molar-refractivity contribution in [1.29, 1.82) is 0 Å². The molecule has 4 heteroatoms. The summed E-state index contributed by atoms with van der Waals surface area (Å²) >= 11 is 0. The zero-order chi connectivity index (χ0) is 13.0. The Hall–Kier alpha value is -1.00. The van der Waals surface area contributed by atoms with Gasteiger partial charge in [-0.05, 0) is 49.3 Å². The van der Waals surface area contributed by atoms with Crippen LogP contribution in [0.5, 0.6) is 0 Å². The van der Waals surface area contributed by atoms with E-state index < -0.39 is 11.6 Å². The molecule has 1 unspecified atom stereocenters. The monoisotopic (exact) mass is 255 g/mol. The molecule has 1 atom stereocenters. The molecular weight excluding hydrogens is 236 g/mol. The maximum atomic E-state index is 13.1. The lowest BCUT2D eigenvalue weighted by molar-refractivity contribution is 0.0619. The van der Waals surface area contributed by atoms with Gasteiger partial charge in [0.25, 0.3) is 0 Å². The van der Waals surface area contributed by atoms with Crippen LogP contribution in [-0.2, 0) is 11.2 Å². The van der Waals surface area contributed by atoms with Crippen LogP contribution in [-0.4, -0.2) is 19.3 Å². The van der Waals surface area contributed by atoms with E-state index in [-0.39, 0.29) is 6.04 Å². The van der Waals surface area contributed by atoms with Crippen LogP contribution >= 0.6 is 0 Å². The zero-order valence-corrected chi connectivity index (χ0v) is 10.4. The predicted molar refractivity (Wildman–Crippen MR) is 66.2 cm³/mol. The lowest BCUT2D eigenvalue weighted by atomic mass is 9.90. The zero-order valence-electron chi connectivity index (χ0n) is 10.4. The fraction of sp³-hybridized carbons (Fsp3) is 0.571. The highest BCUT2D eigenvalue weighted by atomic mass is 19.2. The molecule has 100 valence electrons. The van der Waals surface area contributed by atoms with Gasteiger partial charge < -0.3 is 10.5 Å². The number of benzene rings is 1. The standard InChI is InChI=1S/C14H19F2NO/c15-13-2-1-11(9-14(13)16)8-12(17)7-10-3-5-18-6-4-10/h1-2,9-10,12H,3-8,17H2. The van der Waals surface area contributed by atoms with Gasteiger partial charge in [0, 0.05) is 19.3 Å². The molecule has 0 saturated carbocycles. The van der Waals surface area contributed by atoms with Gasteiger partial charge in [-0.2, -0.15) is 0 Å². The summed E-state index contributed by atoms with van der Waals surface area (Å²) in [6.45, 7) is 1.62. The van der Waals surface area contributed by atoms with Crippen molar-refractivity contribution in [2.24, 2.45) is 11.7 Å². The molecule has 2 N–H and O–H groups in total. The number of rotatable bonds is 4.